The van der Waals surface area contributed by atoms with Gasteiger partial charge in [-0.1, -0.05) is 6.42 Å². The molecule has 1 heterocycles. The number of rotatable bonds is 4. The highest BCUT2D eigenvalue weighted by molar-refractivity contribution is 5.08. The van der Waals surface area contributed by atoms with E-state index >= 15 is 0 Å². The molecule has 17 heavy (non-hydrogen) atoms. The minimum atomic E-state index is -0.0864. The van der Waals surface area contributed by atoms with Crippen molar-refractivity contribution in [3.05, 3.63) is 23.7 Å². The Kier molecular flexibility index (Phi) is 4.24. The number of aliphatic hydroxyl groups is 1. The van der Waals surface area contributed by atoms with Crippen molar-refractivity contribution in [1.29, 1.82) is 0 Å². The van der Waals surface area contributed by atoms with Gasteiger partial charge < -0.3 is 14.8 Å². The molecule has 0 saturated heterocycles. The summed E-state index contributed by atoms with van der Waals surface area (Å²) in [5.74, 6) is 2.57. The Balaban J connectivity index is 1.77. The van der Waals surface area contributed by atoms with Crippen LogP contribution in [0.15, 0.2) is 16.5 Å². The first kappa shape index (κ1) is 12.7. The number of furan rings is 1. The lowest BCUT2D eigenvalue weighted by Gasteiger charge is -2.27. The molecule has 0 aliphatic heterocycles. The Morgan fingerprint density at radius 2 is 2.29 bits per heavy atom. The normalized spacial score (nSPS) is 27.0. The van der Waals surface area contributed by atoms with E-state index in [4.69, 9.17) is 4.42 Å². The van der Waals surface area contributed by atoms with Crippen LogP contribution in [0.4, 0.5) is 0 Å². The van der Waals surface area contributed by atoms with Gasteiger partial charge in [0.15, 0.2) is 0 Å². The lowest BCUT2D eigenvalue weighted by Crippen LogP contribution is -2.30. The van der Waals surface area contributed by atoms with Crippen LogP contribution in [0.2, 0.25) is 0 Å². The van der Waals surface area contributed by atoms with E-state index in [9.17, 15) is 5.11 Å². The minimum Gasteiger partial charge on any atom is -0.465 e. The highest BCUT2D eigenvalue weighted by atomic mass is 16.3. The van der Waals surface area contributed by atoms with Gasteiger partial charge in [0.25, 0.3) is 0 Å². The maximum atomic E-state index is 9.62. The van der Waals surface area contributed by atoms with Crippen molar-refractivity contribution in [2.24, 2.45) is 5.92 Å². The van der Waals surface area contributed by atoms with Crippen LogP contribution in [0, 0.1) is 12.8 Å². The summed E-state index contributed by atoms with van der Waals surface area (Å²) >= 11 is 0. The van der Waals surface area contributed by atoms with E-state index in [-0.39, 0.29) is 12.1 Å². The Labute approximate surface area is 103 Å². The van der Waals surface area contributed by atoms with E-state index in [0.717, 1.165) is 37.3 Å². The van der Waals surface area contributed by atoms with Crippen LogP contribution in [0.5, 0.6) is 0 Å². The molecule has 2 N–H and O–H groups in total. The molecule has 0 bridgehead atoms. The molecule has 0 amide bonds. The third kappa shape index (κ3) is 3.58. The summed E-state index contributed by atoms with van der Waals surface area (Å²) in [5, 5.41) is 13.1. The quantitative estimate of drug-likeness (QED) is 0.846. The van der Waals surface area contributed by atoms with E-state index in [1.807, 2.05) is 19.1 Å². The molecular formula is C14H23NO2. The Morgan fingerprint density at radius 3 is 2.94 bits per heavy atom. The molecule has 1 saturated carbocycles. The van der Waals surface area contributed by atoms with Gasteiger partial charge in [-0.3, -0.25) is 0 Å². The number of hydrogen-bond acceptors (Lipinski definition) is 3. The Bertz CT molecular complexity index is 348. The molecule has 3 heteroatoms. The number of hydrogen-bond donors (Lipinski definition) is 2. The summed E-state index contributed by atoms with van der Waals surface area (Å²) in [6.07, 6.45) is 4.22. The van der Waals surface area contributed by atoms with Crippen LogP contribution < -0.4 is 5.32 Å². The molecule has 1 aromatic rings. The predicted molar refractivity (Wildman–Crippen MR) is 67.8 cm³/mol. The van der Waals surface area contributed by atoms with E-state index in [1.165, 1.54) is 6.42 Å². The summed E-state index contributed by atoms with van der Waals surface area (Å²) < 4.78 is 5.59. The van der Waals surface area contributed by atoms with Gasteiger partial charge in [0, 0.05) is 0 Å². The first-order valence-electron chi connectivity index (χ1n) is 6.63. The number of aryl methyl sites for hydroxylation is 1. The van der Waals surface area contributed by atoms with E-state index in [2.05, 4.69) is 12.2 Å². The largest absolute Gasteiger partial charge is 0.465 e. The van der Waals surface area contributed by atoms with Crippen molar-refractivity contribution in [3.63, 3.8) is 0 Å². The average Bonchev–Trinajstić information content (AvgIpc) is 2.73. The van der Waals surface area contributed by atoms with Crippen molar-refractivity contribution in [2.75, 3.05) is 6.54 Å². The monoisotopic (exact) mass is 237 g/mol. The first-order chi connectivity index (χ1) is 8.15. The van der Waals surface area contributed by atoms with Crippen LogP contribution in [0.3, 0.4) is 0 Å². The van der Waals surface area contributed by atoms with Gasteiger partial charge >= 0.3 is 0 Å². The minimum absolute atomic E-state index is 0.0864. The number of nitrogens with one attached hydrogen (secondary N) is 1. The topological polar surface area (TPSA) is 45.4 Å². The Morgan fingerprint density at radius 1 is 1.47 bits per heavy atom. The van der Waals surface area contributed by atoms with E-state index in [1.54, 1.807) is 0 Å². The smallest absolute Gasteiger partial charge is 0.120 e. The van der Waals surface area contributed by atoms with Gasteiger partial charge in [-0.05, 0) is 57.7 Å². The van der Waals surface area contributed by atoms with Crippen LogP contribution in [0.1, 0.15) is 50.2 Å². The lowest BCUT2D eigenvalue weighted by molar-refractivity contribution is 0.0995. The molecule has 3 unspecified atom stereocenters. The van der Waals surface area contributed by atoms with Gasteiger partial charge in [-0.25, -0.2) is 0 Å². The molecule has 1 aliphatic rings. The van der Waals surface area contributed by atoms with Crippen molar-refractivity contribution in [3.8, 4) is 0 Å². The molecule has 1 fully saturated rings. The third-order valence-corrected chi connectivity index (χ3v) is 3.66. The molecule has 0 radical (unpaired) electrons. The fraction of sp³-hybridized carbons (Fsp3) is 0.714. The highest BCUT2D eigenvalue weighted by Crippen LogP contribution is 2.24. The van der Waals surface area contributed by atoms with Gasteiger partial charge in [-0.2, -0.15) is 0 Å². The summed E-state index contributed by atoms with van der Waals surface area (Å²) in [4.78, 5) is 0. The molecule has 0 aromatic carbocycles. The van der Waals surface area contributed by atoms with Crippen LogP contribution in [0.25, 0.3) is 0 Å². The van der Waals surface area contributed by atoms with Crippen molar-refractivity contribution in [2.45, 2.75) is 51.7 Å². The van der Waals surface area contributed by atoms with Gasteiger partial charge in [0.1, 0.15) is 11.5 Å². The zero-order chi connectivity index (χ0) is 12.3. The summed E-state index contributed by atoms with van der Waals surface area (Å²) in [7, 11) is 0. The second kappa shape index (κ2) is 5.69. The van der Waals surface area contributed by atoms with E-state index in [0.29, 0.717) is 5.92 Å². The summed E-state index contributed by atoms with van der Waals surface area (Å²) in [6.45, 7) is 5.06. The van der Waals surface area contributed by atoms with Gasteiger partial charge in [0.05, 0.1) is 12.1 Å². The lowest BCUT2D eigenvalue weighted by atomic mass is 9.87. The van der Waals surface area contributed by atoms with Crippen LogP contribution in [-0.2, 0) is 0 Å². The fourth-order valence-electron chi connectivity index (χ4n) is 2.58. The third-order valence-electron chi connectivity index (χ3n) is 3.66. The molecule has 3 nitrogen and oxygen atoms in total. The SMILES string of the molecule is Cc1ccc(C(C)NCC2CCCC(O)C2)o1. The standard InChI is InChI=1S/C14H23NO2/c1-10-6-7-14(17-10)11(2)15-9-12-4-3-5-13(16)8-12/h6-7,11-13,15-16H,3-5,8-9H2,1-2H3. The molecule has 1 aromatic heterocycles. The zero-order valence-electron chi connectivity index (χ0n) is 10.8. The maximum absolute atomic E-state index is 9.62. The number of aliphatic hydroxyl groups excluding tert-OH is 1. The summed E-state index contributed by atoms with van der Waals surface area (Å²) in [5.41, 5.74) is 0. The zero-order valence-corrected chi connectivity index (χ0v) is 10.8. The van der Waals surface area contributed by atoms with Gasteiger partial charge in [0.2, 0.25) is 0 Å². The van der Waals surface area contributed by atoms with Crippen molar-refractivity contribution < 1.29 is 9.52 Å². The molecule has 1 aliphatic carbocycles. The molecule has 2 rings (SSSR count). The van der Waals surface area contributed by atoms with Crippen molar-refractivity contribution in [1.82, 2.24) is 5.32 Å². The fourth-order valence-corrected chi connectivity index (χ4v) is 2.58. The van der Waals surface area contributed by atoms with E-state index < -0.39 is 0 Å². The first-order valence-corrected chi connectivity index (χ1v) is 6.63. The molecule has 0 spiro atoms. The summed E-state index contributed by atoms with van der Waals surface area (Å²) in [6, 6.07) is 4.28. The Hall–Kier alpha value is -0.800. The predicted octanol–water partition coefficient (Wildman–Crippen LogP) is 2.79. The molecular weight excluding hydrogens is 214 g/mol. The molecule has 3 atom stereocenters. The highest BCUT2D eigenvalue weighted by Gasteiger charge is 2.20. The molecule has 96 valence electrons. The van der Waals surface area contributed by atoms with Crippen LogP contribution >= 0.6 is 0 Å². The van der Waals surface area contributed by atoms with Crippen molar-refractivity contribution >= 4 is 0 Å². The average molecular weight is 237 g/mol. The second-order valence-electron chi connectivity index (χ2n) is 5.26. The van der Waals surface area contributed by atoms with Gasteiger partial charge in [-0.15, -0.1) is 0 Å². The second-order valence-corrected chi connectivity index (χ2v) is 5.26. The maximum Gasteiger partial charge on any atom is 0.120 e. The van der Waals surface area contributed by atoms with Crippen LogP contribution in [-0.4, -0.2) is 17.8 Å².